The summed E-state index contributed by atoms with van der Waals surface area (Å²) < 4.78 is 0. The van der Waals surface area contributed by atoms with E-state index in [1.165, 1.54) is 36.4 Å². The fourth-order valence-electron chi connectivity index (χ4n) is 4.33. The van der Waals surface area contributed by atoms with Crippen molar-refractivity contribution in [1.29, 1.82) is 0 Å². The average molecular weight is 679 g/mol. The number of phenols is 4. The summed E-state index contributed by atoms with van der Waals surface area (Å²) in [6.07, 6.45) is 0. The minimum atomic E-state index is -0.614. The van der Waals surface area contributed by atoms with Crippen LogP contribution in [-0.4, -0.2) is 30.3 Å². The van der Waals surface area contributed by atoms with Gasteiger partial charge >= 0.3 is 1.43 Å². The van der Waals surface area contributed by atoms with E-state index in [4.69, 9.17) is 0 Å². The monoisotopic (exact) mass is 678 g/mol. The fraction of sp³-hybridized carbons (Fsp3) is 0. The molecule has 0 aromatic heterocycles. The largest absolute Gasteiger partial charge is 1.00 e. The quantitative estimate of drug-likeness (QED) is 0.0754. The molecule has 0 fully saturated rings. The number of nitro benzene ring substituents is 2. The molecule has 0 heterocycles. The van der Waals surface area contributed by atoms with Crippen molar-refractivity contribution in [2.24, 2.45) is 20.5 Å². The van der Waals surface area contributed by atoms with Crippen LogP contribution in [-0.2, 0) is 16.8 Å². The van der Waals surface area contributed by atoms with Gasteiger partial charge in [-0.05, 0) is 35.0 Å². The zero-order valence-electron chi connectivity index (χ0n) is 24.8. The molecule has 0 unspecified atom stereocenters. The van der Waals surface area contributed by atoms with Crippen molar-refractivity contribution < 1.29 is 48.5 Å². The summed E-state index contributed by atoms with van der Waals surface area (Å²) in [5.74, 6) is -0.812. The summed E-state index contributed by atoms with van der Waals surface area (Å²) in [6, 6.07) is 28.2. The van der Waals surface area contributed by atoms with Gasteiger partial charge in [-0.1, -0.05) is 60.7 Å². The summed E-state index contributed by atoms with van der Waals surface area (Å²) in [5.41, 5.74) is 0.191. The van der Waals surface area contributed by atoms with Crippen LogP contribution in [0.1, 0.15) is 1.43 Å². The second kappa shape index (κ2) is 14.6. The van der Waals surface area contributed by atoms with E-state index in [0.717, 1.165) is 22.9 Å². The number of hydrogen-bond acceptors (Lipinski definition) is 12. The number of hydrogen-bond donors (Lipinski definition) is 4. The van der Waals surface area contributed by atoms with E-state index in [9.17, 15) is 40.7 Å². The van der Waals surface area contributed by atoms with Gasteiger partial charge in [-0.2, -0.15) is 0 Å². The maximum absolute atomic E-state index is 10.6. The normalized spacial score (nSPS) is 10.9. The van der Waals surface area contributed by atoms with E-state index in [1.807, 2.05) is 36.4 Å². The van der Waals surface area contributed by atoms with Gasteiger partial charge in [0.1, 0.15) is 45.7 Å². The maximum Gasteiger partial charge on any atom is 1.00 e. The zero-order chi connectivity index (χ0) is 32.8. The first-order valence-corrected chi connectivity index (χ1v) is 13.3. The van der Waals surface area contributed by atoms with Crippen molar-refractivity contribution in [2.45, 2.75) is 0 Å². The molecule has 4 N–H and O–H groups in total. The smallest absolute Gasteiger partial charge is 0.506 e. The van der Waals surface area contributed by atoms with E-state index in [0.29, 0.717) is 10.8 Å². The Labute approximate surface area is 276 Å². The van der Waals surface area contributed by atoms with Gasteiger partial charge in [-0.3, -0.25) is 20.2 Å². The molecule has 15 heteroatoms. The molecule has 0 saturated carbocycles. The first kappa shape index (κ1) is 33.4. The Hall–Kier alpha value is -6.45. The van der Waals surface area contributed by atoms with Crippen LogP contribution in [0.15, 0.2) is 130 Å². The SMILES string of the molecule is O=[N+]([O-])c1ccc(N=Nc2c(O)ccc3ccccc23)c(O)c1.O=[N+]([O-])c1ccc(N=Nc2c(O)ccc3ccccc23)c(O)c1.[Co].[H+]. The molecule has 47 heavy (non-hydrogen) atoms. The Morgan fingerprint density at radius 1 is 0.489 bits per heavy atom. The van der Waals surface area contributed by atoms with Crippen molar-refractivity contribution >= 4 is 55.7 Å². The molecule has 0 aliphatic carbocycles. The molecule has 0 saturated heterocycles. The Kier molecular flexibility index (Phi) is 10.4. The van der Waals surface area contributed by atoms with Gasteiger partial charge < -0.3 is 20.4 Å². The predicted octanol–water partition coefficient (Wildman–Crippen LogP) is 9.26. The summed E-state index contributed by atoms with van der Waals surface area (Å²) >= 11 is 0. The van der Waals surface area contributed by atoms with E-state index in [2.05, 4.69) is 20.5 Å². The van der Waals surface area contributed by atoms with E-state index in [-0.39, 0.29) is 75.3 Å². The van der Waals surface area contributed by atoms with Crippen LogP contribution in [0.3, 0.4) is 0 Å². The van der Waals surface area contributed by atoms with Crippen molar-refractivity contribution in [2.75, 3.05) is 0 Å². The number of fused-ring (bicyclic) bond motifs is 2. The summed E-state index contributed by atoms with van der Waals surface area (Å²) in [5, 5.41) is 79.7. The Morgan fingerprint density at radius 3 is 1.23 bits per heavy atom. The molecule has 0 atom stereocenters. The van der Waals surface area contributed by atoms with Gasteiger partial charge in [-0.15, -0.1) is 20.5 Å². The van der Waals surface area contributed by atoms with Crippen LogP contribution in [0.2, 0.25) is 0 Å². The van der Waals surface area contributed by atoms with Crippen LogP contribution in [0.5, 0.6) is 23.0 Å². The molecule has 0 spiro atoms. The van der Waals surface area contributed by atoms with Gasteiger partial charge in [0.25, 0.3) is 11.4 Å². The molecule has 6 aromatic carbocycles. The first-order valence-electron chi connectivity index (χ1n) is 13.3. The third-order valence-electron chi connectivity index (χ3n) is 6.61. The second-order valence-corrected chi connectivity index (χ2v) is 9.57. The summed E-state index contributed by atoms with van der Waals surface area (Å²) in [4.78, 5) is 20.1. The van der Waals surface area contributed by atoms with Crippen molar-refractivity contribution in [3.63, 3.8) is 0 Å². The van der Waals surface area contributed by atoms with Crippen LogP contribution >= 0.6 is 0 Å². The number of rotatable bonds is 6. The molecule has 1 radical (unpaired) electrons. The standard InChI is InChI=1S/2C16H11N3O4.Co/c2*20-14-8-5-10-3-1-2-4-12(10)16(14)18-17-13-7-6-11(19(22)23)9-15(13)21;/h2*1-9,20-21H;/p+1. The minimum absolute atomic E-state index is 0. The Bertz CT molecular complexity index is 2040. The molecular formula is C32H23CoN6O8+. The molecule has 0 amide bonds. The van der Waals surface area contributed by atoms with Crippen LogP contribution in [0, 0.1) is 20.2 Å². The van der Waals surface area contributed by atoms with Gasteiger partial charge in [0.2, 0.25) is 0 Å². The van der Waals surface area contributed by atoms with E-state index in [1.54, 1.807) is 24.3 Å². The molecule has 0 aliphatic heterocycles. The molecule has 6 aromatic rings. The van der Waals surface area contributed by atoms with Crippen LogP contribution in [0.25, 0.3) is 21.5 Å². The van der Waals surface area contributed by atoms with Crippen molar-refractivity contribution in [3.8, 4) is 23.0 Å². The van der Waals surface area contributed by atoms with Crippen LogP contribution < -0.4 is 0 Å². The van der Waals surface area contributed by atoms with E-state index < -0.39 is 9.85 Å². The van der Waals surface area contributed by atoms with Gasteiger partial charge in [-0.25, -0.2) is 0 Å². The Balaban J connectivity index is 0.000000250. The third kappa shape index (κ3) is 7.62. The van der Waals surface area contributed by atoms with E-state index >= 15 is 0 Å². The second-order valence-electron chi connectivity index (χ2n) is 9.57. The van der Waals surface area contributed by atoms with Gasteiger partial charge in [0.05, 0.1) is 22.0 Å². The number of benzene rings is 6. The molecule has 237 valence electrons. The molecular weight excluding hydrogens is 655 g/mol. The van der Waals surface area contributed by atoms with Crippen molar-refractivity contribution in [3.05, 3.63) is 129 Å². The minimum Gasteiger partial charge on any atom is -0.506 e. The molecule has 14 nitrogen and oxygen atoms in total. The predicted molar refractivity (Wildman–Crippen MR) is 170 cm³/mol. The average Bonchev–Trinajstić information content (AvgIpc) is 3.05. The fourth-order valence-corrected chi connectivity index (χ4v) is 4.33. The zero-order valence-corrected chi connectivity index (χ0v) is 24.9. The number of nitro groups is 2. The Morgan fingerprint density at radius 2 is 0.872 bits per heavy atom. The first-order chi connectivity index (χ1) is 22.1. The third-order valence-corrected chi connectivity index (χ3v) is 6.61. The topological polar surface area (TPSA) is 217 Å². The maximum atomic E-state index is 10.6. The number of aromatic hydroxyl groups is 4. The van der Waals surface area contributed by atoms with Gasteiger partial charge in [0, 0.05) is 39.7 Å². The van der Waals surface area contributed by atoms with Crippen molar-refractivity contribution in [1.82, 2.24) is 0 Å². The number of nitrogens with zero attached hydrogens (tertiary/aromatic N) is 6. The molecule has 0 bridgehead atoms. The number of phenolic OH excluding ortho intramolecular Hbond substituents is 4. The van der Waals surface area contributed by atoms with Gasteiger partial charge in [0.15, 0.2) is 0 Å². The number of azo groups is 2. The summed E-state index contributed by atoms with van der Waals surface area (Å²) in [7, 11) is 0. The number of non-ortho nitro benzene ring substituents is 2. The molecule has 6 rings (SSSR count). The molecule has 0 aliphatic rings. The van der Waals surface area contributed by atoms with Crippen LogP contribution in [0.4, 0.5) is 34.1 Å². The summed E-state index contributed by atoms with van der Waals surface area (Å²) in [6.45, 7) is 0.